The van der Waals surface area contributed by atoms with E-state index in [0.29, 0.717) is 31.1 Å². The van der Waals surface area contributed by atoms with Crippen molar-refractivity contribution >= 4 is 45.0 Å². The number of rotatable bonds is 6. The van der Waals surface area contributed by atoms with Crippen LogP contribution in [0.15, 0.2) is 46.9 Å². The number of nitrogens with one attached hydrogen (secondary N) is 2. The van der Waals surface area contributed by atoms with E-state index in [1.165, 1.54) is 0 Å². The molecule has 2 aromatic rings. The Morgan fingerprint density at radius 3 is 2.52 bits per heavy atom. The largest absolute Gasteiger partial charge is 0.381 e. The molecule has 29 heavy (non-hydrogen) atoms. The van der Waals surface area contributed by atoms with Crippen molar-refractivity contribution in [1.29, 1.82) is 0 Å². The number of anilines is 1. The monoisotopic (exact) mass is 478 g/mol. The highest BCUT2D eigenvalue weighted by Gasteiger charge is 2.41. The topological polar surface area (TPSA) is 67.4 Å². The molecule has 2 N–H and O–H groups in total. The number of halogens is 2. The Morgan fingerprint density at radius 2 is 1.83 bits per heavy atom. The molecule has 7 heteroatoms. The summed E-state index contributed by atoms with van der Waals surface area (Å²) in [6, 6.07) is 13.1. The van der Waals surface area contributed by atoms with Crippen LogP contribution in [-0.4, -0.2) is 31.6 Å². The molecule has 1 fully saturated rings. The summed E-state index contributed by atoms with van der Waals surface area (Å²) in [5, 5.41) is 6.48. The van der Waals surface area contributed by atoms with E-state index in [1.54, 1.807) is 12.1 Å². The van der Waals surface area contributed by atoms with E-state index in [9.17, 15) is 9.59 Å². The molecular weight excluding hydrogens is 456 g/mol. The Kier molecular flexibility index (Phi) is 7.33. The van der Waals surface area contributed by atoms with Gasteiger partial charge in [-0.25, -0.2) is 0 Å². The average molecular weight is 480 g/mol. The van der Waals surface area contributed by atoms with E-state index < -0.39 is 5.41 Å². The van der Waals surface area contributed by atoms with Crippen molar-refractivity contribution in [2.75, 3.05) is 25.1 Å². The van der Waals surface area contributed by atoms with Crippen molar-refractivity contribution in [3.05, 3.63) is 63.1 Å². The normalized spacial score (nSPS) is 15.6. The standard InChI is InChI=1S/C22H24BrClN2O3/c1-15-2-5-17(23)14-19(15)26-20(27)8-11-25-21(28)22(9-12-29-13-10-22)16-3-6-18(24)7-4-16/h2-7,14H,8-13H2,1H3,(H,25,28)(H,26,27). The van der Waals surface area contributed by atoms with E-state index >= 15 is 0 Å². The smallest absolute Gasteiger partial charge is 0.230 e. The predicted molar refractivity (Wildman–Crippen MR) is 118 cm³/mol. The minimum absolute atomic E-state index is 0.0745. The third-order valence-electron chi connectivity index (χ3n) is 5.29. The van der Waals surface area contributed by atoms with Gasteiger partial charge in [0, 0.05) is 41.4 Å². The Bertz CT molecular complexity index is 880. The fourth-order valence-corrected chi connectivity index (χ4v) is 4.02. The van der Waals surface area contributed by atoms with Crippen LogP contribution in [0.3, 0.4) is 0 Å². The van der Waals surface area contributed by atoms with E-state index in [1.807, 2.05) is 37.3 Å². The number of aryl methyl sites for hydroxylation is 1. The van der Waals surface area contributed by atoms with Gasteiger partial charge in [0.15, 0.2) is 0 Å². The first-order chi connectivity index (χ1) is 13.9. The van der Waals surface area contributed by atoms with Gasteiger partial charge in [-0.1, -0.05) is 45.7 Å². The molecule has 0 radical (unpaired) electrons. The molecule has 1 aliphatic heterocycles. The van der Waals surface area contributed by atoms with Crippen molar-refractivity contribution < 1.29 is 14.3 Å². The van der Waals surface area contributed by atoms with Gasteiger partial charge < -0.3 is 15.4 Å². The SMILES string of the molecule is Cc1ccc(Br)cc1NC(=O)CCNC(=O)C1(c2ccc(Cl)cc2)CCOCC1. The van der Waals surface area contributed by atoms with E-state index in [0.717, 1.165) is 21.3 Å². The van der Waals surface area contributed by atoms with Crippen LogP contribution in [0.5, 0.6) is 0 Å². The molecule has 3 rings (SSSR count). The fourth-order valence-electron chi connectivity index (χ4n) is 3.54. The molecule has 0 bridgehead atoms. The minimum atomic E-state index is -0.653. The molecule has 0 spiro atoms. The van der Waals surface area contributed by atoms with Gasteiger partial charge in [-0.05, 0) is 55.2 Å². The molecule has 0 atom stereocenters. The number of hydrogen-bond donors (Lipinski definition) is 2. The third-order valence-corrected chi connectivity index (χ3v) is 6.03. The van der Waals surface area contributed by atoms with Gasteiger partial charge >= 0.3 is 0 Å². The zero-order valence-corrected chi connectivity index (χ0v) is 18.6. The van der Waals surface area contributed by atoms with Crippen LogP contribution in [0.25, 0.3) is 0 Å². The maximum Gasteiger partial charge on any atom is 0.230 e. The van der Waals surface area contributed by atoms with Crippen molar-refractivity contribution in [3.8, 4) is 0 Å². The second kappa shape index (κ2) is 9.74. The molecule has 2 amide bonds. The highest BCUT2D eigenvalue weighted by molar-refractivity contribution is 9.10. The molecule has 2 aromatic carbocycles. The molecule has 0 aromatic heterocycles. The second-order valence-corrected chi connectivity index (χ2v) is 8.57. The fraction of sp³-hybridized carbons (Fsp3) is 0.364. The highest BCUT2D eigenvalue weighted by Crippen LogP contribution is 2.35. The summed E-state index contributed by atoms with van der Waals surface area (Å²) in [5.41, 5.74) is 2.02. The first-order valence-electron chi connectivity index (χ1n) is 9.59. The zero-order chi connectivity index (χ0) is 20.9. The summed E-state index contributed by atoms with van der Waals surface area (Å²) < 4.78 is 6.38. The Labute approximate surface area is 184 Å². The second-order valence-electron chi connectivity index (χ2n) is 7.21. The van der Waals surface area contributed by atoms with Gasteiger partial charge in [0.25, 0.3) is 0 Å². The number of carbonyl (C=O) groups excluding carboxylic acids is 2. The molecule has 5 nitrogen and oxygen atoms in total. The maximum absolute atomic E-state index is 13.1. The lowest BCUT2D eigenvalue weighted by molar-refractivity contribution is -0.130. The van der Waals surface area contributed by atoms with Crippen LogP contribution >= 0.6 is 27.5 Å². The summed E-state index contributed by atoms with van der Waals surface area (Å²) in [4.78, 5) is 25.4. The molecule has 0 saturated carbocycles. The predicted octanol–water partition coefficient (Wildman–Crippen LogP) is 4.60. The summed E-state index contributed by atoms with van der Waals surface area (Å²) in [6.07, 6.45) is 1.40. The first kappa shape index (κ1) is 21.8. The molecule has 1 saturated heterocycles. The highest BCUT2D eigenvalue weighted by atomic mass is 79.9. The molecular formula is C22H24BrClN2O3. The van der Waals surface area contributed by atoms with Gasteiger partial charge in [-0.2, -0.15) is 0 Å². The summed E-state index contributed by atoms with van der Waals surface area (Å²) in [5.74, 6) is -0.214. The van der Waals surface area contributed by atoms with Crippen molar-refractivity contribution in [1.82, 2.24) is 5.32 Å². The van der Waals surface area contributed by atoms with Crippen LogP contribution in [0.2, 0.25) is 5.02 Å². The van der Waals surface area contributed by atoms with Crippen molar-refractivity contribution in [3.63, 3.8) is 0 Å². The van der Waals surface area contributed by atoms with Gasteiger partial charge in [-0.15, -0.1) is 0 Å². The van der Waals surface area contributed by atoms with E-state index in [4.69, 9.17) is 16.3 Å². The Hall–Kier alpha value is -1.89. The summed E-state index contributed by atoms with van der Waals surface area (Å²) >= 11 is 9.42. The first-order valence-corrected chi connectivity index (χ1v) is 10.8. The average Bonchev–Trinajstić information content (AvgIpc) is 2.71. The zero-order valence-electron chi connectivity index (χ0n) is 16.3. The summed E-state index contributed by atoms with van der Waals surface area (Å²) in [7, 11) is 0. The number of carbonyl (C=O) groups is 2. The molecule has 1 heterocycles. The molecule has 154 valence electrons. The Balaban J connectivity index is 1.61. The van der Waals surface area contributed by atoms with Crippen LogP contribution in [-0.2, 0) is 19.7 Å². The molecule has 1 aliphatic rings. The van der Waals surface area contributed by atoms with Gasteiger partial charge in [-0.3, -0.25) is 9.59 Å². The van der Waals surface area contributed by atoms with Crippen LogP contribution in [0, 0.1) is 6.92 Å². The van der Waals surface area contributed by atoms with E-state index in [2.05, 4.69) is 26.6 Å². The lowest BCUT2D eigenvalue weighted by atomic mass is 9.73. The third kappa shape index (κ3) is 5.38. The number of ether oxygens (including phenoxy) is 1. The molecule has 0 aliphatic carbocycles. The number of amides is 2. The van der Waals surface area contributed by atoms with Gasteiger partial charge in [0.05, 0.1) is 5.41 Å². The van der Waals surface area contributed by atoms with Crippen LogP contribution < -0.4 is 10.6 Å². The van der Waals surface area contributed by atoms with Gasteiger partial charge in [0.1, 0.15) is 0 Å². The quantitative estimate of drug-likeness (QED) is 0.636. The number of benzene rings is 2. The lowest BCUT2D eigenvalue weighted by Crippen LogP contribution is -2.48. The molecule has 0 unspecified atom stereocenters. The van der Waals surface area contributed by atoms with Crippen molar-refractivity contribution in [2.45, 2.75) is 31.6 Å². The van der Waals surface area contributed by atoms with Crippen molar-refractivity contribution in [2.24, 2.45) is 0 Å². The lowest BCUT2D eigenvalue weighted by Gasteiger charge is -2.36. The van der Waals surface area contributed by atoms with Crippen LogP contribution in [0.4, 0.5) is 5.69 Å². The van der Waals surface area contributed by atoms with Gasteiger partial charge in [0.2, 0.25) is 11.8 Å². The minimum Gasteiger partial charge on any atom is -0.381 e. The number of hydrogen-bond acceptors (Lipinski definition) is 3. The summed E-state index contributed by atoms with van der Waals surface area (Å²) in [6.45, 7) is 3.26. The van der Waals surface area contributed by atoms with Crippen LogP contribution in [0.1, 0.15) is 30.4 Å². The van der Waals surface area contributed by atoms with E-state index in [-0.39, 0.29) is 24.8 Å². The Morgan fingerprint density at radius 1 is 1.14 bits per heavy atom. The maximum atomic E-state index is 13.1.